The first-order valence-corrected chi connectivity index (χ1v) is 17.0. The average molecular weight is 653 g/mol. The molecule has 9 nitrogen and oxygen atoms in total. The van der Waals surface area contributed by atoms with Crippen molar-refractivity contribution in [3.63, 3.8) is 0 Å². The molecular weight excluding hydrogens is 596 g/mol. The van der Waals surface area contributed by atoms with E-state index in [9.17, 15) is 27.6 Å². The van der Waals surface area contributed by atoms with Crippen molar-refractivity contribution in [3.05, 3.63) is 11.4 Å². The van der Waals surface area contributed by atoms with E-state index in [2.05, 4.69) is 42.5 Å². The second-order valence-electron chi connectivity index (χ2n) is 12.2. The molecule has 1 atom stereocenters. The van der Waals surface area contributed by atoms with Crippen molar-refractivity contribution in [1.29, 1.82) is 0 Å². The van der Waals surface area contributed by atoms with Gasteiger partial charge in [-0.3, -0.25) is 14.4 Å². The van der Waals surface area contributed by atoms with Gasteiger partial charge in [-0.1, -0.05) is 26.2 Å². The van der Waals surface area contributed by atoms with E-state index >= 15 is 0 Å². The predicted octanol–water partition coefficient (Wildman–Crippen LogP) is 7.06. The number of likely N-dealkylation sites (tertiary alicyclic amines) is 1. The predicted molar refractivity (Wildman–Crippen MR) is 167 cm³/mol. The standard InChI is InChI=1S/C31H54F3N4O5P/c1-25(2)38(26(3)4)44(42-23-20-35-6)43-24-30(5)17-21-37(22-18-30)29(41)16-12-9-13-19-36-28(40)15-11-8-7-10-14-27(39)31(32,33)34/h25-26H,7-24H2,1-5H3,(H,36,40)/i5T. The van der Waals surface area contributed by atoms with E-state index in [1.807, 2.05) is 4.90 Å². The van der Waals surface area contributed by atoms with E-state index in [1.54, 1.807) is 0 Å². The number of nitrogens with one attached hydrogen (secondary N) is 1. The molecule has 0 aromatic heterocycles. The summed E-state index contributed by atoms with van der Waals surface area (Å²) in [7, 11) is -1.37. The molecule has 13 heteroatoms. The van der Waals surface area contributed by atoms with Crippen LogP contribution in [-0.2, 0) is 23.4 Å². The van der Waals surface area contributed by atoms with Gasteiger partial charge in [0.2, 0.25) is 24.1 Å². The number of rotatable bonds is 22. The highest BCUT2D eigenvalue weighted by Gasteiger charge is 2.37. The number of Topliss-reactive ketones (excluding diaryl/α,β-unsaturated/α-hetero) is 1. The molecule has 1 rings (SSSR count). The molecule has 44 heavy (non-hydrogen) atoms. The summed E-state index contributed by atoms with van der Waals surface area (Å²) in [6, 6.07) is 0.400. The Morgan fingerprint density at radius 1 is 0.977 bits per heavy atom. The van der Waals surface area contributed by atoms with Crippen LogP contribution in [0.2, 0.25) is 0 Å². The minimum absolute atomic E-state index is 0.101. The Morgan fingerprint density at radius 3 is 2.14 bits per heavy atom. The molecule has 1 N–H and O–H groups in total. The second-order valence-corrected chi connectivity index (χ2v) is 13.6. The number of piperidine rings is 1. The fourth-order valence-corrected chi connectivity index (χ4v) is 6.71. The van der Waals surface area contributed by atoms with Crippen LogP contribution in [0.4, 0.5) is 13.2 Å². The summed E-state index contributed by atoms with van der Waals surface area (Å²) in [6.07, 6.45) is 0.946. The maximum atomic E-state index is 12.8. The van der Waals surface area contributed by atoms with Crippen LogP contribution in [0.25, 0.3) is 4.85 Å². The molecule has 2 amide bonds. The lowest BCUT2D eigenvalue weighted by molar-refractivity contribution is -0.171. The van der Waals surface area contributed by atoms with Crippen molar-refractivity contribution >= 4 is 26.1 Å². The van der Waals surface area contributed by atoms with Gasteiger partial charge < -0.3 is 24.1 Å². The molecule has 0 spiro atoms. The number of hydrogen-bond donors (Lipinski definition) is 1. The van der Waals surface area contributed by atoms with Crippen LogP contribution in [0.5, 0.6) is 0 Å². The number of halogens is 3. The SMILES string of the molecule is [3H]CC1(COP(OCC[N+]#[C-])N(C(C)C)C(C)C)CCN(C(=O)CCCCCNC(=O)CCCCCCC(=O)C(F)(F)F)CC1. The van der Waals surface area contributed by atoms with E-state index in [0.29, 0.717) is 77.8 Å². The molecule has 0 saturated carbocycles. The number of nitrogens with zero attached hydrogens (tertiary/aromatic N) is 3. The van der Waals surface area contributed by atoms with Crippen molar-refractivity contribution < 1.29 is 38.0 Å². The Labute approximate surface area is 265 Å². The fourth-order valence-electron chi connectivity index (χ4n) is 4.99. The van der Waals surface area contributed by atoms with Gasteiger partial charge in [0.1, 0.15) is 6.61 Å². The highest BCUT2D eigenvalue weighted by Crippen LogP contribution is 2.48. The van der Waals surface area contributed by atoms with Crippen LogP contribution >= 0.6 is 8.53 Å². The minimum atomic E-state index is -4.77. The number of ketones is 1. The first-order valence-electron chi connectivity index (χ1n) is 16.6. The van der Waals surface area contributed by atoms with Gasteiger partial charge in [-0.2, -0.15) is 13.2 Å². The first kappa shape index (κ1) is 38.4. The Morgan fingerprint density at radius 2 is 1.57 bits per heavy atom. The number of carbonyl (C=O) groups is 3. The quantitative estimate of drug-likeness (QED) is 0.0765. The summed E-state index contributed by atoms with van der Waals surface area (Å²) in [5.74, 6) is -1.70. The molecule has 1 unspecified atom stereocenters. The number of carbonyl (C=O) groups excluding carboxylic acids is 3. The number of hydrogen-bond acceptors (Lipinski definition) is 6. The lowest BCUT2D eigenvalue weighted by atomic mass is 9.81. The molecular formula is C31H54F3N4O5P. The van der Waals surface area contributed by atoms with Crippen LogP contribution in [0.15, 0.2) is 0 Å². The van der Waals surface area contributed by atoms with Gasteiger partial charge >= 0.3 is 6.18 Å². The van der Waals surface area contributed by atoms with Gasteiger partial charge in [-0.15, -0.1) is 0 Å². The van der Waals surface area contributed by atoms with Crippen molar-refractivity contribution in [2.45, 2.75) is 130 Å². The largest absolute Gasteiger partial charge is 0.449 e. The van der Waals surface area contributed by atoms with Crippen molar-refractivity contribution in [1.82, 2.24) is 14.9 Å². The monoisotopic (exact) mass is 652 g/mol. The van der Waals surface area contributed by atoms with E-state index in [-0.39, 0.29) is 49.2 Å². The van der Waals surface area contributed by atoms with Crippen molar-refractivity contribution in [2.24, 2.45) is 5.41 Å². The summed E-state index contributed by atoms with van der Waals surface area (Å²) in [5.41, 5.74) is -0.343. The maximum absolute atomic E-state index is 12.8. The summed E-state index contributed by atoms with van der Waals surface area (Å²) >= 11 is 0. The summed E-state index contributed by atoms with van der Waals surface area (Å²) in [4.78, 5) is 40.9. The Bertz CT molecular complexity index is 920. The third-order valence-electron chi connectivity index (χ3n) is 7.57. The van der Waals surface area contributed by atoms with Crippen molar-refractivity contribution in [3.8, 4) is 0 Å². The average Bonchev–Trinajstić information content (AvgIpc) is 2.98. The Hall–Kier alpha value is -1.80. The summed E-state index contributed by atoms with van der Waals surface area (Å²) in [5, 5.41) is 2.84. The third-order valence-corrected chi connectivity index (χ3v) is 9.63. The van der Waals surface area contributed by atoms with Gasteiger partial charge in [-0.25, -0.2) is 11.2 Å². The van der Waals surface area contributed by atoms with Gasteiger partial charge in [-0.05, 0) is 71.6 Å². The highest BCUT2D eigenvalue weighted by molar-refractivity contribution is 7.44. The van der Waals surface area contributed by atoms with E-state index in [4.69, 9.17) is 17.0 Å². The smallest absolute Gasteiger partial charge is 0.356 e. The highest BCUT2D eigenvalue weighted by atomic mass is 31.2. The molecule has 0 aromatic rings. The molecule has 1 saturated heterocycles. The molecule has 0 aliphatic carbocycles. The lowest BCUT2D eigenvalue weighted by Gasteiger charge is -2.41. The fraction of sp³-hybridized carbons (Fsp3) is 0.871. The van der Waals surface area contributed by atoms with Gasteiger partial charge in [0, 0.05) is 52.4 Å². The topological polar surface area (TPSA) is 92.5 Å². The third kappa shape index (κ3) is 16.5. The Balaban J connectivity index is 2.29. The van der Waals surface area contributed by atoms with Crippen LogP contribution in [-0.4, -0.2) is 84.8 Å². The van der Waals surface area contributed by atoms with Crippen LogP contribution in [0, 0.1) is 12.0 Å². The lowest BCUT2D eigenvalue weighted by Crippen LogP contribution is -2.44. The van der Waals surface area contributed by atoms with Crippen LogP contribution < -0.4 is 5.32 Å². The van der Waals surface area contributed by atoms with Gasteiger partial charge in [0.25, 0.3) is 8.53 Å². The Kier molecular flexibility index (Phi) is 18.4. The van der Waals surface area contributed by atoms with Gasteiger partial charge in [0.15, 0.2) is 0 Å². The van der Waals surface area contributed by atoms with E-state index < -0.39 is 26.9 Å². The van der Waals surface area contributed by atoms with Crippen molar-refractivity contribution in [2.75, 3.05) is 39.4 Å². The molecule has 1 fully saturated rings. The zero-order valence-corrected chi connectivity index (χ0v) is 27.9. The van der Waals surface area contributed by atoms with Crippen LogP contribution in [0.1, 0.15) is 113 Å². The molecule has 0 aromatic carbocycles. The zero-order valence-electron chi connectivity index (χ0n) is 28.1. The van der Waals surface area contributed by atoms with Crippen LogP contribution in [0.3, 0.4) is 0 Å². The minimum Gasteiger partial charge on any atom is -0.356 e. The second kappa shape index (κ2) is 21.1. The summed E-state index contributed by atoms with van der Waals surface area (Å²) < 4.78 is 59.3. The molecule has 1 heterocycles. The molecule has 1 aliphatic rings. The first-order chi connectivity index (χ1) is 21.3. The maximum Gasteiger partial charge on any atom is 0.449 e. The number of unbranched alkanes of at least 4 members (excludes halogenated alkanes) is 5. The zero-order chi connectivity index (χ0) is 33.9. The molecule has 0 bridgehead atoms. The van der Waals surface area contributed by atoms with E-state index in [1.165, 1.54) is 0 Å². The molecule has 0 radical (unpaired) electrons. The van der Waals surface area contributed by atoms with E-state index in [0.717, 1.165) is 19.3 Å². The number of amides is 2. The van der Waals surface area contributed by atoms with Gasteiger partial charge in [0.05, 0.1) is 6.61 Å². The summed E-state index contributed by atoms with van der Waals surface area (Å²) in [6.45, 7) is 18.2. The normalized spacial score (nSPS) is 16.2. The molecule has 254 valence electrons. The molecule has 1 aliphatic heterocycles. The number of alkyl halides is 3.